The summed E-state index contributed by atoms with van der Waals surface area (Å²) in [5, 5.41) is 0. The molecule has 2 atom stereocenters. The summed E-state index contributed by atoms with van der Waals surface area (Å²) in [6.07, 6.45) is 0.235. The second-order valence-electron chi connectivity index (χ2n) is 7.23. The third kappa shape index (κ3) is 6.57. The second-order valence-corrected chi connectivity index (χ2v) is 8.38. The summed E-state index contributed by atoms with van der Waals surface area (Å²) in [5.41, 5.74) is 1.19. The third-order valence-electron chi connectivity index (χ3n) is 3.95. The number of quaternary nitrogens is 1. The van der Waals surface area contributed by atoms with Gasteiger partial charge in [-0.25, -0.2) is 0 Å². The molecule has 25 heavy (non-hydrogen) atoms. The molecule has 1 heterocycles. The Bertz CT molecular complexity index is 635. The van der Waals surface area contributed by atoms with E-state index in [1.807, 2.05) is 6.07 Å². The van der Waals surface area contributed by atoms with E-state index in [1.165, 1.54) is 15.4 Å². The molecule has 1 fully saturated rings. The highest BCUT2D eigenvalue weighted by molar-refractivity contribution is 7.99. The van der Waals surface area contributed by atoms with E-state index in [0.717, 1.165) is 11.0 Å². The Morgan fingerprint density at radius 1 is 0.880 bits per heavy atom. The third-order valence-corrected chi connectivity index (χ3v) is 4.96. The van der Waals surface area contributed by atoms with Crippen LogP contribution in [-0.4, -0.2) is 51.5 Å². The maximum Gasteiger partial charge on any atom is 0.130 e. The van der Waals surface area contributed by atoms with Crippen LogP contribution < -0.4 is 24.0 Å². The van der Waals surface area contributed by atoms with E-state index in [0.29, 0.717) is 13.2 Å². The van der Waals surface area contributed by atoms with Crippen LogP contribution in [0.25, 0.3) is 0 Å². The lowest BCUT2D eigenvalue weighted by Crippen LogP contribution is -3.00. The monoisotopic (exact) mass is 471 g/mol. The second kappa shape index (κ2) is 9.37. The fourth-order valence-electron chi connectivity index (χ4n) is 2.83. The summed E-state index contributed by atoms with van der Waals surface area (Å²) in [6.45, 7) is 2.27. The van der Waals surface area contributed by atoms with Crippen LogP contribution in [0.5, 0.6) is 0 Å². The molecule has 2 aromatic carbocycles. The van der Waals surface area contributed by atoms with Crippen LogP contribution in [-0.2, 0) is 9.47 Å². The molecule has 1 aliphatic rings. The van der Waals surface area contributed by atoms with E-state index in [2.05, 4.69) is 69.7 Å². The van der Waals surface area contributed by atoms with Crippen molar-refractivity contribution in [1.82, 2.24) is 0 Å². The number of hydrogen-bond acceptors (Lipinski definition) is 3. The van der Waals surface area contributed by atoms with Crippen molar-refractivity contribution in [2.45, 2.75) is 22.0 Å². The molecule has 0 saturated carbocycles. The number of rotatable bonds is 5. The van der Waals surface area contributed by atoms with Crippen LogP contribution in [0.4, 0.5) is 0 Å². The van der Waals surface area contributed by atoms with Crippen LogP contribution in [0.3, 0.4) is 0 Å². The van der Waals surface area contributed by atoms with Gasteiger partial charge in [-0.05, 0) is 29.8 Å². The summed E-state index contributed by atoms with van der Waals surface area (Å²) in [7, 11) is 6.54. The van der Waals surface area contributed by atoms with E-state index in [1.54, 1.807) is 11.8 Å². The Morgan fingerprint density at radius 2 is 1.52 bits per heavy atom. The Balaban J connectivity index is 0.00000225. The largest absolute Gasteiger partial charge is 1.00 e. The number of hydrogen-bond donors (Lipinski definition) is 0. The van der Waals surface area contributed by atoms with Crippen molar-refractivity contribution in [3.63, 3.8) is 0 Å². The molecule has 0 amide bonds. The predicted octanol–water partition coefficient (Wildman–Crippen LogP) is 1.00. The molecule has 2 aromatic rings. The van der Waals surface area contributed by atoms with E-state index in [9.17, 15) is 0 Å². The van der Waals surface area contributed by atoms with Crippen molar-refractivity contribution in [2.24, 2.45) is 0 Å². The van der Waals surface area contributed by atoms with Gasteiger partial charge in [-0.2, -0.15) is 0 Å². The lowest BCUT2D eigenvalue weighted by Gasteiger charge is -2.34. The predicted molar refractivity (Wildman–Crippen MR) is 98.3 cm³/mol. The van der Waals surface area contributed by atoms with Crippen LogP contribution in [0.1, 0.15) is 11.7 Å². The lowest BCUT2D eigenvalue weighted by molar-refractivity contribution is -0.874. The van der Waals surface area contributed by atoms with Gasteiger partial charge in [0.1, 0.15) is 18.8 Å². The average Bonchev–Trinajstić information content (AvgIpc) is 2.56. The van der Waals surface area contributed by atoms with E-state index in [-0.39, 0.29) is 36.2 Å². The fraction of sp³-hybridized carbons (Fsp3) is 0.400. The number of halogens is 1. The van der Waals surface area contributed by atoms with Crippen molar-refractivity contribution >= 4 is 11.8 Å². The highest BCUT2D eigenvalue weighted by atomic mass is 127. The standard InChI is InChI=1S/C20H26NO2S.HI/c1-21(2,3)13-17-14-23-20(15-22-17)16-9-11-19(12-10-16)24-18-7-5-4-6-8-18;/h4-12,17,20H,13-15H2,1-3H3;1H/q+1;/p-1/t17-,20+;/m1./s1. The van der Waals surface area contributed by atoms with Crippen LogP contribution in [0, 0.1) is 0 Å². The average molecular weight is 471 g/mol. The first kappa shape index (κ1) is 20.7. The van der Waals surface area contributed by atoms with Gasteiger partial charge < -0.3 is 37.9 Å². The number of benzene rings is 2. The number of ether oxygens (including phenoxy) is 2. The van der Waals surface area contributed by atoms with Gasteiger partial charge in [-0.3, -0.25) is 0 Å². The van der Waals surface area contributed by atoms with Gasteiger partial charge in [-0.15, -0.1) is 0 Å². The zero-order valence-electron chi connectivity index (χ0n) is 15.0. The van der Waals surface area contributed by atoms with Gasteiger partial charge in [0, 0.05) is 9.79 Å². The van der Waals surface area contributed by atoms with Gasteiger partial charge in [0.05, 0.1) is 34.4 Å². The van der Waals surface area contributed by atoms with Crippen LogP contribution in [0.15, 0.2) is 64.4 Å². The van der Waals surface area contributed by atoms with Gasteiger partial charge in [-0.1, -0.05) is 42.1 Å². The molecule has 1 aliphatic heterocycles. The molecule has 0 aromatic heterocycles. The molecule has 136 valence electrons. The Kier molecular flexibility index (Phi) is 7.76. The SMILES string of the molecule is C[N+](C)(C)C[C@@H]1CO[C@H](c2ccc(Sc3ccccc3)cc2)CO1.[I-]. The van der Waals surface area contributed by atoms with Crippen molar-refractivity contribution in [1.29, 1.82) is 0 Å². The fourth-order valence-corrected chi connectivity index (χ4v) is 3.66. The highest BCUT2D eigenvalue weighted by Gasteiger charge is 2.27. The molecule has 0 bridgehead atoms. The molecule has 0 unspecified atom stereocenters. The molecule has 5 heteroatoms. The van der Waals surface area contributed by atoms with Gasteiger partial charge in [0.15, 0.2) is 0 Å². The zero-order valence-corrected chi connectivity index (χ0v) is 18.0. The summed E-state index contributed by atoms with van der Waals surface area (Å²) < 4.78 is 12.9. The highest BCUT2D eigenvalue weighted by Crippen LogP contribution is 2.30. The summed E-state index contributed by atoms with van der Waals surface area (Å²) in [6, 6.07) is 19.1. The smallest absolute Gasteiger partial charge is 0.130 e. The normalized spacial score (nSPS) is 20.8. The van der Waals surface area contributed by atoms with Gasteiger partial charge >= 0.3 is 0 Å². The van der Waals surface area contributed by atoms with Crippen molar-refractivity contribution in [3.8, 4) is 0 Å². The maximum absolute atomic E-state index is 6.04. The molecule has 1 saturated heterocycles. The maximum atomic E-state index is 6.04. The minimum atomic E-state index is 0. The molecular weight excluding hydrogens is 445 g/mol. The summed E-state index contributed by atoms with van der Waals surface area (Å²) in [4.78, 5) is 2.50. The molecular formula is C20H26INO2S. The molecule has 3 rings (SSSR count). The minimum Gasteiger partial charge on any atom is -1.00 e. The topological polar surface area (TPSA) is 18.5 Å². The molecule has 0 radical (unpaired) electrons. The Morgan fingerprint density at radius 3 is 2.08 bits per heavy atom. The molecule has 0 N–H and O–H groups in total. The Labute approximate surface area is 172 Å². The van der Waals surface area contributed by atoms with Gasteiger partial charge in [0.2, 0.25) is 0 Å². The van der Waals surface area contributed by atoms with Crippen molar-refractivity contribution < 1.29 is 37.9 Å². The van der Waals surface area contributed by atoms with Crippen LogP contribution >= 0.6 is 11.8 Å². The quantitative estimate of drug-likeness (QED) is 0.479. The van der Waals surface area contributed by atoms with Crippen molar-refractivity contribution in [2.75, 3.05) is 40.9 Å². The van der Waals surface area contributed by atoms with Crippen molar-refractivity contribution in [3.05, 3.63) is 60.2 Å². The Hall–Kier alpha value is -0.600. The first-order valence-corrected chi connectivity index (χ1v) is 9.18. The number of likely N-dealkylation sites (N-methyl/N-ethyl adjacent to an activating group) is 1. The summed E-state index contributed by atoms with van der Waals surface area (Å²) >= 11 is 1.78. The lowest BCUT2D eigenvalue weighted by atomic mass is 10.1. The van der Waals surface area contributed by atoms with E-state index >= 15 is 0 Å². The number of nitrogens with zero attached hydrogens (tertiary/aromatic N) is 1. The first-order valence-electron chi connectivity index (χ1n) is 8.36. The van der Waals surface area contributed by atoms with E-state index in [4.69, 9.17) is 9.47 Å². The molecule has 0 spiro atoms. The van der Waals surface area contributed by atoms with E-state index < -0.39 is 0 Å². The summed E-state index contributed by atoms with van der Waals surface area (Å²) in [5.74, 6) is 0. The minimum absolute atomic E-state index is 0. The molecule has 0 aliphatic carbocycles. The molecule has 3 nitrogen and oxygen atoms in total. The zero-order chi connectivity index (χ0) is 17.0. The van der Waals surface area contributed by atoms with Crippen LogP contribution in [0.2, 0.25) is 0 Å². The first-order chi connectivity index (χ1) is 11.5. The van der Waals surface area contributed by atoms with Gasteiger partial charge in [0.25, 0.3) is 0 Å².